The molecule has 0 spiro atoms. The summed E-state index contributed by atoms with van der Waals surface area (Å²) in [5.41, 5.74) is 2.07. The van der Waals surface area contributed by atoms with Gasteiger partial charge < -0.3 is 9.64 Å². The number of halogens is 1. The lowest BCUT2D eigenvalue weighted by molar-refractivity contribution is -0.130. The molecular formula is C18H21ClN2O2. The fourth-order valence-electron chi connectivity index (χ4n) is 2.38. The smallest absolute Gasteiger partial charge is 0.226 e. The van der Waals surface area contributed by atoms with Gasteiger partial charge in [-0.15, -0.1) is 0 Å². The Labute approximate surface area is 142 Å². The number of likely N-dealkylation sites (N-methyl/N-ethyl adjacent to an activating group) is 1. The molecule has 0 bridgehead atoms. The van der Waals surface area contributed by atoms with Gasteiger partial charge in [0.1, 0.15) is 5.75 Å². The van der Waals surface area contributed by atoms with Crippen LogP contribution in [0.4, 0.5) is 0 Å². The third-order valence-electron chi connectivity index (χ3n) is 3.73. The number of benzene rings is 1. The highest BCUT2D eigenvalue weighted by Gasteiger charge is 2.13. The number of carbonyl (C=O) groups excluding carboxylic acids is 1. The normalized spacial score (nSPS) is 10.4. The molecular weight excluding hydrogens is 312 g/mol. The summed E-state index contributed by atoms with van der Waals surface area (Å²) < 4.78 is 5.13. The Bertz CT molecular complexity index is 647. The van der Waals surface area contributed by atoms with Crippen molar-refractivity contribution in [1.82, 2.24) is 9.88 Å². The van der Waals surface area contributed by atoms with Gasteiger partial charge in [0, 0.05) is 25.5 Å². The first-order chi connectivity index (χ1) is 11.1. The molecule has 1 heterocycles. The molecule has 2 aromatic rings. The van der Waals surface area contributed by atoms with Crippen molar-refractivity contribution in [2.75, 3.05) is 20.2 Å². The maximum atomic E-state index is 12.5. The summed E-state index contributed by atoms with van der Waals surface area (Å²) in [4.78, 5) is 18.3. The van der Waals surface area contributed by atoms with E-state index in [1.807, 2.05) is 30.0 Å². The summed E-state index contributed by atoms with van der Waals surface area (Å²) in [7, 11) is 1.57. The average molecular weight is 333 g/mol. The number of nitrogens with zero attached hydrogens (tertiary/aromatic N) is 2. The molecule has 0 saturated carbocycles. The molecule has 23 heavy (non-hydrogen) atoms. The van der Waals surface area contributed by atoms with E-state index < -0.39 is 0 Å². The van der Waals surface area contributed by atoms with E-state index in [1.54, 1.807) is 31.6 Å². The number of hydrogen-bond acceptors (Lipinski definition) is 3. The molecule has 1 aromatic carbocycles. The minimum Gasteiger partial charge on any atom is -0.495 e. The molecule has 122 valence electrons. The number of rotatable bonds is 7. The molecule has 0 unspecified atom stereocenters. The topological polar surface area (TPSA) is 42.4 Å². The van der Waals surface area contributed by atoms with Crippen molar-refractivity contribution in [3.8, 4) is 5.75 Å². The molecule has 1 amide bonds. The maximum Gasteiger partial charge on any atom is 0.226 e. The van der Waals surface area contributed by atoms with E-state index in [4.69, 9.17) is 16.3 Å². The molecule has 0 atom stereocenters. The second-order valence-corrected chi connectivity index (χ2v) is 5.63. The van der Waals surface area contributed by atoms with Gasteiger partial charge in [-0.3, -0.25) is 9.78 Å². The zero-order chi connectivity index (χ0) is 16.7. The molecule has 4 nitrogen and oxygen atoms in total. The zero-order valence-electron chi connectivity index (χ0n) is 13.5. The van der Waals surface area contributed by atoms with Gasteiger partial charge in [0.15, 0.2) is 0 Å². The van der Waals surface area contributed by atoms with E-state index in [0.717, 1.165) is 12.0 Å². The first kappa shape index (κ1) is 17.3. The lowest BCUT2D eigenvalue weighted by Crippen LogP contribution is -2.33. The van der Waals surface area contributed by atoms with Crippen LogP contribution in [0.2, 0.25) is 5.02 Å². The highest BCUT2D eigenvalue weighted by molar-refractivity contribution is 6.32. The SMILES string of the molecule is CCN(CCc1ccncc1)C(=O)Cc1ccc(OC)c(Cl)c1. The van der Waals surface area contributed by atoms with Crippen LogP contribution in [0.15, 0.2) is 42.7 Å². The van der Waals surface area contributed by atoms with Crippen molar-refractivity contribution in [3.05, 3.63) is 58.9 Å². The number of pyridine rings is 1. The molecule has 0 fully saturated rings. The Balaban J connectivity index is 1.95. The van der Waals surface area contributed by atoms with Crippen molar-refractivity contribution in [1.29, 1.82) is 0 Å². The van der Waals surface area contributed by atoms with Gasteiger partial charge in [-0.05, 0) is 48.7 Å². The predicted molar refractivity (Wildman–Crippen MR) is 91.9 cm³/mol. The van der Waals surface area contributed by atoms with Crippen LogP contribution in [0.3, 0.4) is 0 Å². The monoisotopic (exact) mass is 332 g/mol. The summed E-state index contributed by atoms with van der Waals surface area (Å²) in [6.45, 7) is 3.38. The summed E-state index contributed by atoms with van der Waals surface area (Å²) in [6, 6.07) is 9.40. The van der Waals surface area contributed by atoms with Gasteiger partial charge in [-0.1, -0.05) is 17.7 Å². The van der Waals surface area contributed by atoms with Crippen LogP contribution in [0.1, 0.15) is 18.1 Å². The lowest BCUT2D eigenvalue weighted by Gasteiger charge is -2.21. The molecule has 0 radical (unpaired) electrons. The Morgan fingerprint density at radius 2 is 1.96 bits per heavy atom. The van der Waals surface area contributed by atoms with Crippen molar-refractivity contribution in [2.45, 2.75) is 19.8 Å². The first-order valence-corrected chi connectivity index (χ1v) is 8.01. The van der Waals surface area contributed by atoms with Crippen LogP contribution in [0.5, 0.6) is 5.75 Å². The first-order valence-electron chi connectivity index (χ1n) is 7.63. The molecule has 0 N–H and O–H groups in total. The van der Waals surface area contributed by atoms with E-state index in [1.165, 1.54) is 5.56 Å². The van der Waals surface area contributed by atoms with Crippen molar-refractivity contribution in [3.63, 3.8) is 0 Å². The fourth-order valence-corrected chi connectivity index (χ4v) is 2.66. The van der Waals surface area contributed by atoms with Crippen molar-refractivity contribution < 1.29 is 9.53 Å². The van der Waals surface area contributed by atoms with E-state index >= 15 is 0 Å². The minimum atomic E-state index is 0.0998. The maximum absolute atomic E-state index is 12.5. The van der Waals surface area contributed by atoms with Crippen LogP contribution < -0.4 is 4.74 Å². The Morgan fingerprint density at radius 3 is 2.57 bits per heavy atom. The van der Waals surface area contributed by atoms with E-state index in [-0.39, 0.29) is 5.91 Å². The van der Waals surface area contributed by atoms with Gasteiger partial charge in [-0.2, -0.15) is 0 Å². The van der Waals surface area contributed by atoms with Crippen LogP contribution in [0.25, 0.3) is 0 Å². The number of carbonyl (C=O) groups is 1. The summed E-state index contributed by atoms with van der Waals surface area (Å²) in [5.74, 6) is 0.718. The molecule has 2 rings (SSSR count). The van der Waals surface area contributed by atoms with E-state index in [0.29, 0.717) is 30.3 Å². The molecule has 0 saturated heterocycles. The average Bonchev–Trinajstić information content (AvgIpc) is 2.56. The van der Waals surface area contributed by atoms with Crippen molar-refractivity contribution >= 4 is 17.5 Å². The summed E-state index contributed by atoms with van der Waals surface area (Å²) >= 11 is 6.11. The highest BCUT2D eigenvalue weighted by atomic mass is 35.5. The largest absolute Gasteiger partial charge is 0.495 e. The zero-order valence-corrected chi connectivity index (χ0v) is 14.2. The standard InChI is InChI=1S/C18H21ClN2O2/c1-3-21(11-8-14-6-9-20-10-7-14)18(22)13-15-4-5-17(23-2)16(19)12-15/h4-7,9-10,12H,3,8,11,13H2,1-2H3. The Kier molecular flexibility index (Phi) is 6.41. The Hall–Kier alpha value is -2.07. The van der Waals surface area contributed by atoms with Crippen LogP contribution >= 0.6 is 11.6 Å². The van der Waals surface area contributed by atoms with E-state index in [9.17, 15) is 4.79 Å². The lowest BCUT2D eigenvalue weighted by atomic mass is 10.1. The fraction of sp³-hybridized carbons (Fsp3) is 0.333. The number of amides is 1. The minimum absolute atomic E-state index is 0.0998. The molecule has 5 heteroatoms. The van der Waals surface area contributed by atoms with Gasteiger partial charge in [0.05, 0.1) is 18.6 Å². The van der Waals surface area contributed by atoms with Gasteiger partial charge in [-0.25, -0.2) is 0 Å². The predicted octanol–water partition coefficient (Wildman–Crippen LogP) is 3.38. The summed E-state index contributed by atoms with van der Waals surface area (Å²) in [6.07, 6.45) is 4.71. The van der Waals surface area contributed by atoms with Crippen LogP contribution in [-0.2, 0) is 17.6 Å². The van der Waals surface area contributed by atoms with Crippen LogP contribution in [-0.4, -0.2) is 36.0 Å². The third-order valence-corrected chi connectivity index (χ3v) is 4.02. The second kappa shape index (κ2) is 8.53. The van der Waals surface area contributed by atoms with Crippen LogP contribution in [0, 0.1) is 0 Å². The number of ether oxygens (including phenoxy) is 1. The summed E-state index contributed by atoms with van der Waals surface area (Å²) in [5, 5.41) is 0.526. The third kappa shape index (κ3) is 4.96. The second-order valence-electron chi connectivity index (χ2n) is 5.22. The molecule has 0 aliphatic rings. The molecule has 1 aromatic heterocycles. The number of aromatic nitrogens is 1. The van der Waals surface area contributed by atoms with Gasteiger partial charge in [0.25, 0.3) is 0 Å². The van der Waals surface area contributed by atoms with Gasteiger partial charge >= 0.3 is 0 Å². The number of methoxy groups -OCH3 is 1. The van der Waals surface area contributed by atoms with Crippen molar-refractivity contribution in [2.24, 2.45) is 0 Å². The molecule has 0 aliphatic carbocycles. The highest BCUT2D eigenvalue weighted by Crippen LogP contribution is 2.25. The van der Waals surface area contributed by atoms with Gasteiger partial charge in [0.2, 0.25) is 5.91 Å². The number of hydrogen-bond donors (Lipinski definition) is 0. The molecule has 0 aliphatic heterocycles. The van der Waals surface area contributed by atoms with E-state index in [2.05, 4.69) is 4.98 Å². The quantitative estimate of drug-likeness (QED) is 0.780. The Morgan fingerprint density at radius 1 is 1.22 bits per heavy atom.